The number of carbonyl (C=O) groups is 2. The van der Waals surface area contributed by atoms with Gasteiger partial charge in [0.2, 0.25) is 0 Å². The molecule has 2 amide bonds. The van der Waals surface area contributed by atoms with Crippen LogP contribution in [0.5, 0.6) is 0 Å². The number of hydrogen-bond donors (Lipinski definition) is 2. The largest absolute Gasteiger partial charge is 0.348 e. The third-order valence-electron chi connectivity index (χ3n) is 2.97. The molecule has 1 heterocycles. The summed E-state index contributed by atoms with van der Waals surface area (Å²) in [5.41, 5.74) is 0. The number of unbranched alkanes of at least 4 members (excludes halogenated alkanes) is 1. The summed E-state index contributed by atoms with van der Waals surface area (Å²) in [6.07, 6.45) is 2.81. The molecule has 98 valence electrons. The van der Waals surface area contributed by atoms with Crippen LogP contribution in [0.25, 0.3) is 0 Å². The Labute approximate surface area is 103 Å². The van der Waals surface area contributed by atoms with E-state index in [1.807, 2.05) is 6.92 Å². The number of carbonyl (C=O) groups excluding carboxylic acids is 2. The number of rotatable bonds is 7. The Kier molecular flexibility index (Phi) is 5.97. The fourth-order valence-electron chi connectivity index (χ4n) is 1.61. The zero-order valence-corrected chi connectivity index (χ0v) is 10.8. The Morgan fingerprint density at radius 3 is 2.29 bits per heavy atom. The second kappa shape index (κ2) is 7.27. The topological polar surface area (TPSA) is 61.2 Å². The molecule has 1 aliphatic rings. The molecule has 1 aliphatic heterocycles. The molecule has 0 bridgehead atoms. The van der Waals surface area contributed by atoms with Crippen LogP contribution in [0.2, 0.25) is 0 Å². The fourth-order valence-corrected chi connectivity index (χ4v) is 1.61. The lowest BCUT2D eigenvalue weighted by atomic mass is 10.2. The minimum absolute atomic E-state index is 0.499. The van der Waals surface area contributed by atoms with Crippen molar-refractivity contribution in [3.63, 3.8) is 0 Å². The zero-order chi connectivity index (χ0) is 12.7. The first-order chi connectivity index (χ1) is 8.15. The highest BCUT2D eigenvalue weighted by Gasteiger charge is 2.23. The van der Waals surface area contributed by atoms with Crippen molar-refractivity contribution in [3.05, 3.63) is 0 Å². The maximum Gasteiger partial charge on any atom is 0.309 e. The summed E-state index contributed by atoms with van der Waals surface area (Å²) in [7, 11) is 0. The lowest BCUT2D eigenvalue weighted by molar-refractivity contribution is -0.139. The van der Waals surface area contributed by atoms with Gasteiger partial charge in [0.05, 0.1) is 0 Å². The molecule has 1 atom stereocenters. The zero-order valence-electron chi connectivity index (χ0n) is 10.8. The summed E-state index contributed by atoms with van der Waals surface area (Å²) in [6.45, 7) is 7.64. The predicted molar refractivity (Wildman–Crippen MR) is 66.6 cm³/mol. The lowest BCUT2D eigenvalue weighted by Crippen LogP contribution is -2.41. The van der Waals surface area contributed by atoms with E-state index in [9.17, 15) is 9.59 Å². The summed E-state index contributed by atoms with van der Waals surface area (Å²) in [6, 6.07) is 0.499. The van der Waals surface area contributed by atoms with Gasteiger partial charge in [-0.25, -0.2) is 0 Å². The summed E-state index contributed by atoms with van der Waals surface area (Å²) in [4.78, 5) is 25.0. The van der Waals surface area contributed by atoms with Crippen molar-refractivity contribution >= 4 is 11.8 Å². The molecule has 0 aromatic carbocycles. The number of amides is 2. The molecule has 5 nitrogen and oxygen atoms in total. The van der Waals surface area contributed by atoms with Crippen LogP contribution in [0.15, 0.2) is 0 Å². The van der Waals surface area contributed by atoms with Crippen molar-refractivity contribution in [2.24, 2.45) is 0 Å². The SMILES string of the molecule is CCCCNC(=O)C(=O)NCCC(C)N1CC1. The van der Waals surface area contributed by atoms with Gasteiger partial charge >= 0.3 is 11.8 Å². The molecule has 1 saturated heterocycles. The molecule has 0 aliphatic carbocycles. The van der Waals surface area contributed by atoms with E-state index in [0.717, 1.165) is 32.4 Å². The molecule has 0 aromatic heterocycles. The maximum atomic E-state index is 11.4. The first kappa shape index (κ1) is 14.0. The van der Waals surface area contributed by atoms with Crippen LogP contribution >= 0.6 is 0 Å². The fraction of sp³-hybridized carbons (Fsp3) is 0.833. The van der Waals surface area contributed by atoms with E-state index >= 15 is 0 Å². The molecular weight excluding hydrogens is 218 g/mol. The van der Waals surface area contributed by atoms with Crippen LogP contribution in [0.3, 0.4) is 0 Å². The Hall–Kier alpha value is -1.10. The summed E-state index contributed by atoms with van der Waals surface area (Å²) >= 11 is 0. The van der Waals surface area contributed by atoms with Crippen LogP contribution in [-0.2, 0) is 9.59 Å². The summed E-state index contributed by atoms with van der Waals surface area (Å²) in [5.74, 6) is -1.03. The highest BCUT2D eigenvalue weighted by Crippen LogP contribution is 2.11. The molecule has 1 rings (SSSR count). The first-order valence-corrected chi connectivity index (χ1v) is 6.45. The van der Waals surface area contributed by atoms with Gasteiger partial charge in [0, 0.05) is 32.2 Å². The molecule has 0 spiro atoms. The Morgan fingerprint density at radius 1 is 1.18 bits per heavy atom. The molecule has 0 saturated carbocycles. The quantitative estimate of drug-likeness (QED) is 0.378. The molecule has 17 heavy (non-hydrogen) atoms. The van der Waals surface area contributed by atoms with E-state index in [-0.39, 0.29) is 0 Å². The normalized spacial score (nSPS) is 16.4. The molecular formula is C12H23N3O2. The van der Waals surface area contributed by atoms with E-state index < -0.39 is 11.8 Å². The van der Waals surface area contributed by atoms with Crippen molar-refractivity contribution < 1.29 is 9.59 Å². The third kappa shape index (κ3) is 5.68. The molecule has 1 unspecified atom stereocenters. The van der Waals surface area contributed by atoms with Crippen LogP contribution in [-0.4, -0.2) is 48.9 Å². The van der Waals surface area contributed by atoms with E-state index in [1.165, 1.54) is 0 Å². The average molecular weight is 241 g/mol. The van der Waals surface area contributed by atoms with Gasteiger partial charge in [0.15, 0.2) is 0 Å². The lowest BCUT2D eigenvalue weighted by Gasteiger charge is -2.12. The van der Waals surface area contributed by atoms with Crippen LogP contribution in [0, 0.1) is 0 Å². The summed E-state index contributed by atoms with van der Waals surface area (Å²) < 4.78 is 0. The van der Waals surface area contributed by atoms with Gasteiger partial charge in [-0.2, -0.15) is 0 Å². The highest BCUT2D eigenvalue weighted by molar-refractivity contribution is 6.35. The molecule has 0 aromatic rings. The Bertz CT molecular complexity index is 264. The van der Waals surface area contributed by atoms with Crippen LogP contribution < -0.4 is 10.6 Å². The second-order valence-electron chi connectivity index (χ2n) is 4.54. The molecule has 2 N–H and O–H groups in total. The Morgan fingerprint density at radius 2 is 1.76 bits per heavy atom. The minimum atomic E-state index is -0.516. The Balaban J connectivity index is 2.04. The van der Waals surface area contributed by atoms with E-state index in [4.69, 9.17) is 0 Å². The van der Waals surface area contributed by atoms with Gasteiger partial charge in [-0.05, 0) is 19.8 Å². The average Bonchev–Trinajstić information content (AvgIpc) is 3.12. The van der Waals surface area contributed by atoms with Gasteiger partial charge in [-0.15, -0.1) is 0 Å². The summed E-state index contributed by atoms with van der Waals surface area (Å²) in [5, 5.41) is 5.24. The van der Waals surface area contributed by atoms with Gasteiger partial charge in [0.1, 0.15) is 0 Å². The monoisotopic (exact) mass is 241 g/mol. The second-order valence-corrected chi connectivity index (χ2v) is 4.54. The minimum Gasteiger partial charge on any atom is -0.348 e. The highest BCUT2D eigenvalue weighted by atomic mass is 16.2. The van der Waals surface area contributed by atoms with Crippen molar-refractivity contribution in [1.29, 1.82) is 0 Å². The molecule has 1 fully saturated rings. The first-order valence-electron chi connectivity index (χ1n) is 6.45. The standard InChI is InChI=1S/C12H23N3O2/c1-3-4-6-13-11(16)12(17)14-7-5-10(2)15-8-9-15/h10H,3-9H2,1-2H3,(H,13,16)(H,14,17). The van der Waals surface area contributed by atoms with Crippen LogP contribution in [0.1, 0.15) is 33.1 Å². The van der Waals surface area contributed by atoms with E-state index in [1.54, 1.807) is 0 Å². The van der Waals surface area contributed by atoms with Gasteiger partial charge in [-0.3, -0.25) is 14.5 Å². The third-order valence-corrected chi connectivity index (χ3v) is 2.97. The van der Waals surface area contributed by atoms with E-state index in [0.29, 0.717) is 19.1 Å². The van der Waals surface area contributed by atoms with Gasteiger partial charge in [-0.1, -0.05) is 13.3 Å². The molecule has 5 heteroatoms. The van der Waals surface area contributed by atoms with Crippen molar-refractivity contribution in [2.75, 3.05) is 26.2 Å². The number of nitrogens with one attached hydrogen (secondary N) is 2. The number of hydrogen-bond acceptors (Lipinski definition) is 3. The number of nitrogens with zero attached hydrogens (tertiary/aromatic N) is 1. The maximum absolute atomic E-state index is 11.4. The van der Waals surface area contributed by atoms with Crippen molar-refractivity contribution in [3.8, 4) is 0 Å². The smallest absolute Gasteiger partial charge is 0.309 e. The molecule has 0 radical (unpaired) electrons. The van der Waals surface area contributed by atoms with Crippen molar-refractivity contribution in [2.45, 2.75) is 39.2 Å². The van der Waals surface area contributed by atoms with Gasteiger partial charge in [0.25, 0.3) is 0 Å². The predicted octanol–water partition coefficient (Wildman–Crippen LogP) is 0.113. The van der Waals surface area contributed by atoms with Gasteiger partial charge < -0.3 is 10.6 Å². The van der Waals surface area contributed by atoms with Crippen LogP contribution in [0.4, 0.5) is 0 Å². The van der Waals surface area contributed by atoms with E-state index in [2.05, 4.69) is 22.5 Å². The van der Waals surface area contributed by atoms with Crippen molar-refractivity contribution in [1.82, 2.24) is 15.5 Å².